The third-order valence-electron chi connectivity index (χ3n) is 4.40. The molecule has 2 amide bonds. The zero-order valence-corrected chi connectivity index (χ0v) is 17.6. The van der Waals surface area contributed by atoms with Gasteiger partial charge < -0.3 is 14.8 Å². The Morgan fingerprint density at radius 2 is 1.93 bits per heavy atom. The van der Waals surface area contributed by atoms with Crippen LogP contribution in [0.4, 0.5) is 0 Å². The van der Waals surface area contributed by atoms with Gasteiger partial charge in [0.1, 0.15) is 12.4 Å². The molecule has 1 fully saturated rings. The Labute approximate surface area is 184 Å². The molecule has 30 heavy (non-hydrogen) atoms. The van der Waals surface area contributed by atoms with Gasteiger partial charge in [0.05, 0.1) is 12.3 Å². The Bertz CT molecular complexity index is 910. The van der Waals surface area contributed by atoms with Crippen LogP contribution in [-0.4, -0.2) is 37.3 Å². The van der Waals surface area contributed by atoms with Crippen molar-refractivity contribution >= 4 is 41.2 Å². The maximum Gasteiger partial charge on any atom is 0.329 e. The average Bonchev–Trinajstić information content (AvgIpc) is 3.25. The van der Waals surface area contributed by atoms with Crippen LogP contribution in [0.1, 0.15) is 24.0 Å². The summed E-state index contributed by atoms with van der Waals surface area (Å²) in [6.07, 6.45) is 3.22. The predicted molar refractivity (Wildman–Crippen MR) is 115 cm³/mol. The van der Waals surface area contributed by atoms with Crippen LogP contribution in [0.2, 0.25) is 10.0 Å². The number of nitrogens with one attached hydrogen (secondary N) is 2. The molecule has 0 radical (unpaired) electrons. The molecule has 1 heterocycles. The predicted octanol–water partition coefficient (Wildman–Crippen LogP) is 3.32. The Morgan fingerprint density at radius 3 is 2.67 bits per heavy atom. The lowest BCUT2D eigenvalue weighted by atomic mass is 10.2. The van der Waals surface area contributed by atoms with Gasteiger partial charge >= 0.3 is 11.8 Å². The van der Waals surface area contributed by atoms with E-state index in [0.29, 0.717) is 40.1 Å². The number of carbonyl (C=O) groups is 2. The molecule has 7 nitrogen and oxygen atoms in total. The van der Waals surface area contributed by atoms with E-state index in [1.807, 2.05) is 0 Å². The number of ether oxygens (including phenoxy) is 2. The van der Waals surface area contributed by atoms with E-state index >= 15 is 0 Å². The van der Waals surface area contributed by atoms with Gasteiger partial charge in [-0.05, 0) is 42.7 Å². The van der Waals surface area contributed by atoms with Crippen molar-refractivity contribution in [1.82, 2.24) is 10.7 Å². The lowest BCUT2D eigenvalue weighted by molar-refractivity contribution is -0.139. The van der Waals surface area contributed by atoms with Gasteiger partial charge in [-0.3, -0.25) is 9.59 Å². The summed E-state index contributed by atoms with van der Waals surface area (Å²) in [7, 11) is 0. The lowest BCUT2D eigenvalue weighted by Crippen LogP contribution is -2.41. The SMILES string of the molecule is O=C(NC[C@H]1CCCO1)C(=O)N/N=C\c1cccc(OCc2c(Cl)cccc2Cl)c1. The number of benzene rings is 2. The van der Waals surface area contributed by atoms with Crippen LogP contribution in [0.15, 0.2) is 47.6 Å². The number of carbonyl (C=O) groups excluding carboxylic acids is 2. The van der Waals surface area contributed by atoms with Crippen molar-refractivity contribution in [3.8, 4) is 5.75 Å². The fraction of sp³-hybridized carbons (Fsp3) is 0.286. The van der Waals surface area contributed by atoms with E-state index in [1.165, 1.54) is 6.21 Å². The number of hydrogen-bond donors (Lipinski definition) is 2. The highest BCUT2D eigenvalue weighted by atomic mass is 35.5. The third kappa shape index (κ3) is 6.45. The van der Waals surface area contributed by atoms with Crippen molar-refractivity contribution in [3.05, 3.63) is 63.6 Å². The first-order valence-electron chi connectivity index (χ1n) is 9.41. The second-order valence-electron chi connectivity index (χ2n) is 6.61. The van der Waals surface area contributed by atoms with E-state index < -0.39 is 11.8 Å². The molecule has 2 aromatic carbocycles. The van der Waals surface area contributed by atoms with Gasteiger partial charge in [-0.1, -0.05) is 41.4 Å². The number of rotatable bonds is 7. The molecule has 0 aromatic heterocycles. The first-order valence-corrected chi connectivity index (χ1v) is 10.2. The average molecular weight is 450 g/mol. The van der Waals surface area contributed by atoms with E-state index in [0.717, 1.165) is 12.8 Å². The zero-order chi connectivity index (χ0) is 21.3. The Kier molecular flexibility index (Phi) is 8.07. The Balaban J connectivity index is 1.48. The van der Waals surface area contributed by atoms with Crippen LogP contribution < -0.4 is 15.5 Å². The van der Waals surface area contributed by atoms with E-state index in [1.54, 1.807) is 42.5 Å². The van der Waals surface area contributed by atoms with Crippen molar-refractivity contribution in [2.24, 2.45) is 5.10 Å². The van der Waals surface area contributed by atoms with Crippen molar-refractivity contribution in [2.45, 2.75) is 25.6 Å². The standard InChI is InChI=1S/C21H21Cl2N3O4/c22-18-7-2-8-19(23)17(18)13-30-15-5-1-4-14(10-15)11-25-26-21(28)20(27)24-12-16-6-3-9-29-16/h1-2,4-5,7-8,10-11,16H,3,6,9,12-13H2,(H,24,27)(H,26,28)/b25-11-/t16-/m1/s1. The molecular weight excluding hydrogens is 429 g/mol. The first kappa shape index (κ1) is 22.1. The van der Waals surface area contributed by atoms with Crippen LogP contribution >= 0.6 is 23.2 Å². The van der Waals surface area contributed by atoms with Gasteiger partial charge in [0.15, 0.2) is 0 Å². The molecule has 0 spiro atoms. The van der Waals surface area contributed by atoms with Crippen LogP contribution in [0.5, 0.6) is 5.75 Å². The van der Waals surface area contributed by atoms with E-state index in [4.69, 9.17) is 32.7 Å². The third-order valence-corrected chi connectivity index (χ3v) is 5.11. The number of halogens is 2. The summed E-state index contributed by atoms with van der Waals surface area (Å²) in [5, 5.41) is 7.40. The van der Waals surface area contributed by atoms with E-state index in [2.05, 4.69) is 15.8 Å². The minimum absolute atomic E-state index is 0.0337. The summed E-state index contributed by atoms with van der Waals surface area (Å²) in [5.74, 6) is -1.02. The molecule has 0 saturated carbocycles. The van der Waals surface area contributed by atoms with Gasteiger partial charge in [0, 0.05) is 28.8 Å². The quantitative estimate of drug-likeness (QED) is 0.385. The summed E-state index contributed by atoms with van der Waals surface area (Å²) in [6.45, 7) is 1.21. The highest BCUT2D eigenvalue weighted by Crippen LogP contribution is 2.26. The topological polar surface area (TPSA) is 89.0 Å². The minimum Gasteiger partial charge on any atom is -0.489 e. The summed E-state index contributed by atoms with van der Waals surface area (Å²) in [6, 6.07) is 12.3. The molecule has 3 rings (SSSR count). The largest absolute Gasteiger partial charge is 0.489 e. The summed E-state index contributed by atoms with van der Waals surface area (Å²) in [5.41, 5.74) is 3.57. The monoisotopic (exact) mass is 449 g/mol. The van der Waals surface area contributed by atoms with Gasteiger partial charge in [-0.15, -0.1) is 0 Å². The highest BCUT2D eigenvalue weighted by Gasteiger charge is 2.18. The molecule has 0 unspecified atom stereocenters. The molecule has 0 aliphatic carbocycles. The summed E-state index contributed by atoms with van der Waals surface area (Å²) < 4.78 is 11.1. The van der Waals surface area contributed by atoms with Crippen LogP contribution in [0.3, 0.4) is 0 Å². The number of hydrazone groups is 1. The van der Waals surface area contributed by atoms with Gasteiger partial charge in [-0.25, -0.2) is 5.43 Å². The zero-order valence-electron chi connectivity index (χ0n) is 16.1. The second kappa shape index (κ2) is 11.0. The molecule has 1 aliphatic heterocycles. The van der Waals surface area contributed by atoms with Crippen molar-refractivity contribution < 1.29 is 19.1 Å². The first-order chi connectivity index (χ1) is 14.5. The van der Waals surface area contributed by atoms with Gasteiger partial charge in [-0.2, -0.15) is 5.10 Å². The number of amides is 2. The Hall–Kier alpha value is -2.61. The molecule has 0 bridgehead atoms. The molecule has 1 aliphatic rings. The smallest absolute Gasteiger partial charge is 0.329 e. The summed E-state index contributed by atoms with van der Waals surface area (Å²) >= 11 is 12.3. The highest BCUT2D eigenvalue weighted by molar-refractivity contribution is 6.36. The van der Waals surface area contributed by atoms with Crippen LogP contribution in [-0.2, 0) is 20.9 Å². The molecular formula is C21H21Cl2N3O4. The van der Waals surface area contributed by atoms with Gasteiger partial charge in [0.2, 0.25) is 0 Å². The normalized spacial score (nSPS) is 15.9. The maximum absolute atomic E-state index is 11.8. The van der Waals surface area contributed by atoms with E-state index in [9.17, 15) is 9.59 Å². The maximum atomic E-state index is 11.8. The van der Waals surface area contributed by atoms with Gasteiger partial charge in [0.25, 0.3) is 0 Å². The second-order valence-corrected chi connectivity index (χ2v) is 7.42. The molecule has 158 valence electrons. The van der Waals surface area contributed by atoms with Crippen LogP contribution in [0, 0.1) is 0 Å². The number of hydrogen-bond acceptors (Lipinski definition) is 5. The lowest BCUT2D eigenvalue weighted by Gasteiger charge is -2.10. The van der Waals surface area contributed by atoms with Crippen LogP contribution in [0.25, 0.3) is 0 Å². The molecule has 9 heteroatoms. The number of nitrogens with zero attached hydrogens (tertiary/aromatic N) is 1. The molecule has 1 saturated heterocycles. The van der Waals surface area contributed by atoms with Crippen molar-refractivity contribution in [1.29, 1.82) is 0 Å². The van der Waals surface area contributed by atoms with Crippen molar-refractivity contribution in [2.75, 3.05) is 13.2 Å². The van der Waals surface area contributed by atoms with Crippen molar-refractivity contribution in [3.63, 3.8) is 0 Å². The summed E-state index contributed by atoms with van der Waals surface area (Å²) in [4.78, 5) is 23.6. The Morgan fingerprint density at radius 1 is 1.17 bits per heavy atom. The molecule has 1 atom stereocenters. The molecule has 2 aromatic rings. The fourth-order valence-corrected chi connectivity index (χ4v) is 3.33. The fourth-order valence-electron chi connectivity index (χ4n) is 2.82. The van der Waals surface area contributed by atoms with E-state index in [-0.39, 0.29) is 12.7 Å². The minimum atomic E-state index is -0.843. The molecule has 2 N–H and O–H groups in total.